The third-order valence-electron chi connectivity index (χ3n) is 5.17. The van der Waals surface area contributed by atoms with Crippen molar-refractivity contribution in [3.8, 4) is 0 Å². The van der Waals surface area contributed by atoms with Gasteiger partial charge >= 0.3 is 0 Å². The van der Waals surface area contributed by atoms with Gasteiger partial charge in [0.15, 0.2) is 11.6 Å². The first-order chi connectivity index (χ1) is 13.1. The molecule has 5 heteroatoms. The van der Waals surface area contributed by atoms with Gasteiger partial charge in [0.1, 0.15) is 0 Å². The van der Waals surface area contributed by atoms with Crippen LogP contribution in [0.15, 0.2) is 42.5 Å². The second-order valence-corrected chi connectivity index (χ2v) is 6.84. The van der Waals surface area contributed by atoms with Crippen molar-refractivity contribution in [1.82, 2.24) is 4.90 Å². The molecule has 0 aliphatic heterocycles. The maximum Gasteiger partial charge on any atom is 0.196 e. The van der Waals surface area contributed by atoms with Gasteiger partial charge in [0, 0.05) is 42.5 Å². The summed E-state index contributed by atoms with van der Waals surface area (Å²) in [6.07, 6.45) is 0.909. The van der Waals surface area contributed by atoms with Gasteiger partial charge in [-0.15, -0.1) is 0 Å². The Kier molecular flexibility index (Phi) is 6.04. The fourth-order valence-electron chi connectivity index (χ4n) is 3.67. The lowest BCUT2D eigenvalue weighted by Crippen LogP contribution is -2.31. The van der Waals surface area contributed by atoms with Crippen LogP contribution in [0.1, 0.15) is 45.2 Å². The molecule has 2 aromatic carbocycles. The fourth-order valence-corrected chi connectivity index (χ4v) is 3.67. The lowest BCUT2D eigenvalue weighted by atomic mass is 9.83. The molecule has 1 aliphatic rings. The summed E-state index contributed by atoms with van der Waals surface area (Å²) in [5, 5.41) is 9.10. The zero-order valence-corrected chi connectivity index (χ0v) is 15.9. The van der Waals surface area contributed by atoms with Crippen LogP contribution >= 0.6 is 0 Å². The van der Waals surface area contributed by atoms with E-state index in [1.54, 1.807) is 30.3 Å². The van der Waals surface area contributed by atoms with E-state index in [0.29, 0.717) is 28.8 Å². The van der Waals surface area contributed by atoms with Crippen LogP contribution in [-0.4, -0.2) is 61.4 Å². The normalized spacial score (nSPS) is 12.9. The van der Waals surface area contributed by atoms with Crippen LogP contribution in [0, 0.1) is 0 Å². The van der Waals surface area contributed by atoms with E-state index in [4.69, 9.17) is 5.11 Å². The van der Waals surface area contributed by atoms with Crippen molar-refractivity contribution >= 4 is 17.3 Å². The standard InChI is InChI=1S/C22H26N2O3/c1-3-24(14-15-25)13-7-12-23(2)19-11-6-10-18-20(19)22(27)17-9-5-4-8-16(17)21(18)26/h4-6,8-11,25H,3,7,12-15H2,1-2H3. The van der Waals surface area contributed by atoms with Crippen molar-refractivity contribution in [2.45, 2.75) is 13.3 Å². The Hall–Kier alpha value is -2.50. The number of fused-ring (bicyclic) bond motifs is 2. The number of ketones is 2. The van der Waals surface area contributed by atoms with E-state index in [-0.39, 0.29) is 18.2 Å². The van der Waals surface area contributed by atoms with Crippen molar-refractivity contribution in [3.05, 3.63) is 64.7 Å². The van der Waals surface area contributed by atoms with Gasteiger partial charge in [-0.1, -0.05) is 43.3 Å². The molecule has 1 N–H and O–H groups in total. The largest absolute Gasteiger partial charge is 0.395 e. The number of hydrogen-bond acceptors (Lipinski definition) is 5. The van der Waals surface area contributed by atoms with Gasteiger partial charge in [0.25, 0.3) is 0 Å². The summed E-state index contributed by atoms with van der Waals surface area (Å²) >= 11 is 0. The van der Waals surface area contributed by atoms with E-state index in [2.05, 4.69) is 11.8 Å². The quantitative estimate of drug-likeness (QED) is 0.664. The number of aliphatic hydroxyl groups excluding tert-OH is 1. The first-order valence-electron chi connectivity index (χ1n) is 9.44. The van der Waals surface area contributed by atoms with Gasteiger partial charge in [-0.2, -0.15) is 0 Å². The highest BCUT2D eigenvalue weighted by Gasteiger charge is 2.31. The summed E-state index contributed by atoms with van der Waals surface area (Å²) in [5.74, 6) is -0.173. The number of aliphatic hydroxyl groups is 1. The molecule has 27 heavy (non-hydrogen) atoms. The van der Waals surface area contributed by atoms with E-state index in [0.717, 1.165) is 31.7 Å². The summed E-state index contributed by atoms with van der Waals surface area (Å²) < 4.78 is 0. The van der Waals surface area contributed by atoms with E-state index < -0.39 is 0 Å². The molecule has 3 rings (SSSR count). The topological polar surface area (TPSA) is 60.9 Å². The van der Waals surface area contributed by atoms with Gasteiger partial charge in [-0.25, -0.2) is 0 Å². The third-order valence-corrected chi connectivity index (χ3v) is 5.17. The first-order valence-corrected chi connectivity index (χ1v) is 9.44. The van der Waals surface area contributed by atoms with Gasteiger partial charge in [0.05, 0.1) is 12.2 Å². The van der Waals surface area contributed by atoms with Gasteiger partial charge in [0.2, 0.25) is 0 Å². The minimum atomic E-state index is -0.0875. The molecule has 0 fully saturated rings. The zero-order valence-electron chi connectivity index (χ0n) is 15.9. The monoisotopic (exact) mass is 366 g/mol. The van der Waals surface area contributed by atoms with Crippen LogP contribution in [0.2, 0.25) is 0 Å². The predicted octanol–water partition coefficient (Wildman–Crippen LogP) is 2.60. The van der Waals surface area contributed by atoms with E-state index in [1.165, 1.54) is 0 Å². The highest BCUT2D eigenvalue weighted by Crippen LogP contribution is 2.33. The number of hydrogen-bond donors (Lipinski definition) is 1. The van der Waals surface area contributed by atoms with Crippen LogP contribution < -0.4 is 4.90 Å². The molecule has 1 aliphatic carbocycles. The summed E-state index contributed by atoms with van der Waals surface area (Å²) in [5.41, 5.74) is 2.75. The van der Waals surface area contributed by atoms with Crippen molar-refractivity contribution in [3.63, 3.8) is 0 Å². The SMILES string of the molecule is CCN(CCO)CCCN(C)c1cccc2c1C(=O)c1ccccc1C2=O. The lowest BCUT2D eigenvalue weighted by Gasteiger charge is -2.27. The number of carbonyl (C=O) groups is 2. The number of anilines is 1. The Labute approximate surface area is 160 Å². The van der Waals surface area contributed by atoms with Crippen LogP contribution in [0.3, 0.4) is 0 Å². The molecule has 0 amide bonds. The Morgan fingerprint density at radius 1 is 0.852 bits per heavy atom. The molecule has 0 saturated heterocycles. The van der Waals surface area contributed by atoms with Crippen molar-refractivity contribution in [1.29, 1.82) is 0 Å². The van der Waals surface area contributed by atoms with Gasteiger partial charge in [-0.3, -0.25) is 9.59 Å². The smallest absolute Gasteiger partial charge is 0.196 e. The lowest BCUT2D eigenvalue weighted by molar-refractivity contribution is 0.0979. The molecule has 5 nitrogen and oxygen atoms in total. The van der Waals surface area contributed by atoms with E-state index in [9.17, 15) is 9.59 Å². The minimum absolute atomic E-state index is 0.0851. The van der Waals surface area contributed by atoms with Crippen LogP contribution in [0.5, 0.6) is 0 Å². The molecule has 0 atom stereocenters. The van der Waals surface area contributed by atoms with E-state index >= 15 is 0 Å². The fraction of sp³-hybridized carbons (Fsp3) is 0.364. The number of carbonyl (C=O) groups excluding carboxylic acids is 2. The average molecular weight is 366 g/mol. The Morgan fingerprint density at radius 3 is 2.19 bits per heavy atom. The number of rotatable bonds is 8. The van der Waals surface area contributed by atoms with Gasteiger partial charge < -0.3 is 14.9 Å². The molecular formula is C22H26N2O3. The first kappa shape index (κ1) is 19.3. The molecule has 0 heterocycles. The molecule has 0 unspecified atom stereocenters. The Bertz CT molecular complexity index is 847. The van der Waals surface area contributed by atoms with Crippen molar-refractivity contribution in [2.24, 2.45) is 0 Å². The van der Waals surface area contributed by atoms with E-state index in [1.807, 2.05) is 24.1 Å². The molecule has 0 spiro atoms. The molecule has 0 aromatic heterocycles. The van der Waals surface area contributed by atoms with Crippen LogP contribution in [0.4, 0.5) is 5.69 Å². The summed E-state index contributed by atoms with van der Waals surface area (Å²) in [4.78, 5) is 30.2. The van der Waals surface area contributed by atoms with Crippen LogP contribution in [-0.2, 0) is 0 Å². The number of nitrogens with zero attached hydrogens (tertiary/aromatic N) is 2. The predicted molar refractivity (Wildman–Crippen MR) is 107 cm³/mol. The second-order valence-electron chi connectivity index (χ2n) is 6.84. The van der Waals surface area contributed by atoms with Crippen molar-refractivity contribution < 1.29 is 14.7 Å². The Balaban J connectivity index is 1.82. The number of likely N-dealkylation sites (N-methyl/N-ethyl adjacent to an activating group) is 1. The molecule has 2 aromatic rings. The molecule has 0 bridgehead atoms. The average Bonchev–Trinajstić information content (AvgIpc) is 2.70. The maximum atomic E-state index is 13.1. The summed E-state index contributed by atoms with van der Waals surface area (Å²) in [6.45, 7) is 5.45. The molecular weight excluding hydrogens is 340 g/mol. The molecule has 0 radical (unpaired) electrons. The number of benzene rings is 2. The molecule has 142 valence electrons. The Morgan fingerprint density at radius 2 is 1.52 bits per heavy atom. The van der Waals surface area contributed by atoms with Crippen LogP contribution in [0.25, 0.3) is 0 Å². The minimum Gasteiger partial charge on any atom is -0.395 e. The highest BCUT2D eigenvalue weighted by atomic mass is 16.3. The summed E-state index contributed by atoms with van der Waals surface area (Å²) in [6, 6.07) is 12.5. The van der Waals surface area contributed by atoms with Crippen molar-refractivity contribution in [2.75, 3.05) is 44.7 Å². The second kappa shape index (κ2) is 8.46. The highest BCUT2D eigenvalue weighted by molar-refractivity contribution is 6.30. The van der Waals surface area contributed by atoms with Gasteiger partial charge in [-0.05, 0) is 25.6 Å². The summed E-state index contributed by atoms with van der Waals surface area (Å²) in [7, 11) is 1.95. The maximum absolute atomic E-state index is 13.1. The molecule has 0 saturated carbocycles. The third kappa shape index (κ3) is 3.80. The zero-order chi connectivity index (χ0) is 19.4.